The van der Waals surface area contributed by atoms with Gasteiger partial charge in [-0.25, -0.2) is 0 Å². The van der Waals surface area contributed by atoms with E-state index in [-0.39, 0.29) is 5.91 Å². The van der Waals surface area contributed by atoms with E-state index in [0.29, 0.717) is 27.3 Å². The summed E-state index contributed by atoms with van der Waals surface area (Å²) in [6.07, 6.45) is 1.80. The van der Waals surface area contributed by atoms with Crippen LogP contribution < -0.4 is 14.4 Å². The van der Waals surface area contributed by atoms with Crippen molar-refractivity contribution >= 4 is 46.0 Å². The molecule has 0 N–H and O–H groups in total. The highest BCUT2D eigenvalue weighted by atomic mass is 32.2. The molecule has 0 unspecified atom stereocenters. The number of anilines is 1. The number of benzene rings is 2. The summed E-state index contributed by atoms with van der Waals surface area (Å²) in [5, 5.41) is 0. The number of carbonyl (C=O) groups is 1. The van der Waals surface area contributed by atoms with E-state index in [1.807, 2.05) is 55.5 Å². The van der Waals surface area contributed by atoms with Crippen molar-refractivity contribution < 1.29 is 14.3 Å². The Labute approximate surface area is 156 Å². The van der Waals surface area contributed by atoms with Crippen LogP contribution in [-0.2, 0) is 4.79 Å². The third-order valence-electron chi connectivity index (χ3n) is 3.61. The van der Waals surface area contributed by atoms with Crippen molar-refractivity contribution in [2.45, 2.75) is 6.92 Å². The van der Waals surface area contributed by atoms with Gasteiger partial charge in [-0.1, -0.05) is 54.3 Å². The second-order valence-corrected chi connectivity index (χ2v) is 6.84. The highest BCUT2D eigenvalue weighted by Gasteiger charge is 2.33. The maximum atomic E-state index is 12.8. The van der Waals surface area contributed by atoms with Crippen LogP contribution in [0.5, 0.6) is 11.5 Å². The zero-order chi connectivity index (χ0) is 17.8. The molecule has 1 aliphatic rings. The highest BCUT2D eigenvalue weighted by molar-refractivity contribution is 8.27. The molecule has 1 aliphatic heterocycles. The van der Waals surface area contributed by atoms with Crippen molar-refractivity contribution in [2.75, 3.05) is 18.6 Å². The molecular formula is C19H17NO3S2. The van der Waals surface area contributed by atoms with Crippen molar-refractivity contribution in [3.05, 3.63) is 59.0 Å². The molecule has 2 aromatic carbocycles. The van der Waals surface area contributed by atoms with Crippen LogP contribution in [0.3, 0.4) is 0 Å². The molecule has 0 bridgehead atoms. The number of rotatable bonds is 5. The van der Waals surface area contributed by atoms with E-state index in [9.17, 15) is 4.79 Å². The fourth-order valence-electron chi connectivity index (χ4n) is 2.51. The molecular weight excluding hydrogens is 354 g/mol. The summed E-state index contributed by atoms with van der Waals surface area (Å²) in [6.45, 7) is 2.41. The maximum absolute atomic E-state index is 12.8. The Bertz CT molecular complexity index is 834. The number of hydrogen-bond donors (Lipinski definition) is 0. The fourth-order valence-corrected chi connectivity index (χ4v) is 3.80. The molecule has 1 saturated heterocycles. The summed E-state index contributed by atoms with van der Waals surface area (Å²) in [6, 6.07) is 15.0. The quantitative estimate of drug-likeness (QED) is 0.572. The van der Waals surface area contributed by atoms with Gasteiger partial charge in [0.25, 0.3) is 5.91 Å². The van der Waals surface area contributed by atoms with Crippen molar-refractivity contribution in [3.63, 3.8) is 0 Å². The number of amides is 1. The number of hydrogen-bond acceptors (Lipinski definition) is 5. The van der Waals surface area contributed by atoms with E-state index >= 15 is 0 Å². The number of thiocarbonyl (C=S) groups is 1. The van der Waals surface area contributed by atoms with Crippen LogP contribution in [0.4, 0.5) is 5.69 Å². The van der Waals surface area contributed by atoms with Crippen LogP contribution in [0.15, 0.2) is 53.4 Å². The van der Waals surface area contributed by atoms with E-state index in [1.54, 1.807) is 18.1 Å². The zero-order valence-electron chi connectivity index (χ0n) is 13.9. The van der Waals surface area contributed by atoms with Crippen molar-refractivity contribution in [1.82, 2.24) is 0 Å². The average Bonchev–Trinajstić information content (AvgIpc) is 2.91. The first-order valence-electron chi connectivity index (χ1n) is 7.78. The second-order valence-electron chi connectivity index (χ2n) is 5.16. The van der Waals surface area contributed by atoms with Gasteiger partial charge in [0.2, 0.25) is 0 Å². The highest BCUT2D eigenvalue weighted by Crippen LogP contribution is 2.39. The lowest BCUT2D eigenvalue weighted by Crippen LogP contribution is -2.27. The van der Waals surface area contributed by atoms with Gasteiger partial charge < -0.3 is 9.47 Å². The van der Waals surface area contributed by atoms with E-state index in [0.717, 1.165) is 11.3 Å². The van der Waals surface area contributed by atoms with Gasteiger partial charge in [0.1, 0.15) is 0 Å². The van der Waals surface area contributed by atoms with Crippen molar-refractivity contribution in [1.29, 1.82) is 0 Å². The first-order valence-corrected chi connectivity index (χ1v) is 9.01. The van der Waals surface area contributed by atoms with Crippen LogP contribution in [0, 0.1) is 0 Å². The lowest BCUT2D eigenvalue weighted by molar-refractivity contribution is -0.113. The largest absolute Gasteiger partial charge is 0.493 e. The first-order chi connectivity index (χ1) is 12.2. The van der Waals surface area contributed by atoms with Crippen molar-refractivity contribution in [3.8, 4) is 11.5 Å². The minimum absolute atomic E-state index is 0.133. The third kappa shape index (κ3) is 3.55. The number of thioether (sulfide) groups is 1. The number of para-hydroxylation sites is 2. The monoisotopic (exact) mass is 371 g/mol. The van der Waals surface area contributed by atoms with Crippen LogP contribution in [-0.4, -0.2) is 23.9 Å². The summed E-state index contributed by atoms with van der Waals surface area (Å²) < 4.78 is 11.6. The molecule has 0 aromatic heterocycles. The van der Waals surface area contributed by atoms with Gasteiger partial charge in [-0.15, -0.1) is 0 Å². The van der Waals surface area contributed by atoms with Crippen LogP contribution in [0.25, 0.3) is 6.08 Å². The number of carbonyl (C=O) groups excluding carboxylic acids is 1. The summed E-state index contributed by atoms with van der Waals surface area (Å²) in [5.41, 5.74) is 1.55. The number of nitrogens with zero attached hydrogens (tertiary/aromatic N) is 1. The standard InChI is InChI=1S/C19H17NO3S2/c1-3-23-17-13(8-7-11-15(17)22-2)12-16-18(21)20(19(24)25-16)14-9-5-4-6-10-14/h4-12H,3H2,1-2H3/b16-12+. The molecule has 3 rings (SSSR count). The summed E-state index contributed by atoms with van der Waals surface area (Å²) in [7, 11) is 1.59. The molecule has 4 nitrogen and oxygen atoms in total. The smallest absolute Gasteiger partial charge is 0.270 e. The van der Waals surface area contributed by atoms with Crippen molar-refractivity contribution in [2.24, 2.45) is 0 Å². The molecule has 0 aliphatic carbocycles. The topological polar surface area (TPSA) is 38.8 Å². The molecule has 0 radical (unpaired) electrons. The Morgan fingerprint density at radius 2 is 1.92 bits per heavy atom. The van der Waals surface area contributed by atoms with Gasteiger partial charge in [-0.3, -0.25) is 9.69 Å². The van der Waals surface area contributed by atoms with E-state index in [1.165, 1.54) is 11.8 Å². The molecule has 0 saturated carbocycles. The molecule has 1 amide bonds. The SMILES string of the molecule is CCOc1c(/C=C2/SC(=S)N(c3ccccc3)C2=O)cccc1OC. The third-order valence-corrected chi connectivity index (χ3v) is 4.91. The molecule has 0 atom stereocenters. The Morgan fingerprint density at radius 3 is 2.60 bits per heavy atom. The molecule has 6 heteroatoms. The number of methoxy groups -OCH3 is 1. The Morgan fingerprint density at radius 1 is 1.16 bits per heavy atom. The summed E-state index contributed by atoms with van der Waals surface area (Å²) in [4.78, 5) is 14.9. The normalized spacial score (nSPS) is 15.8. The van der Waals surface area contributed by atoms with Gasteiger partial charge in [-0.2, -0.15) is 0 Å². The predicted octanol–water partition coefficient (Wildman–Crippen LogP) is 4.50. The van der Waals surface area contributed by atoms with Crippen LogP contribution in [0.2, 0.25) is 0 Å². The average molecular weight is 371 g/mol. The molecule has 1 heterocycles. The molecule has 1 fully saturated rings. The van der Waals surface area contributed by atoms with Crippen LogP contribution in [0.1, 0.15) is 12.5 Å². The first kappa shape index (κ1) is 17.5. The summed E-state index contributed by atoms with van der Waals surface area (Å²) in [5.74, 6) is 1.12. The van der Waals surface area contributed by atoms with Gasteiger partial charge in [-0.05, 0) is 31.2 Å². The molecule has 128 valence electrons. The summed E-state index contributed by atoms with van der Waals surface area (Å²) >= 11 is 6.68. The molecule has 0 spiro atoms. The molecule has 25 heavy (non-hydrogen) atoms. The number of ether oxygens (including phenoxy) is 2. The Balaban J connectivity index is 1.98. The lowest BCUT2D eigenvalue weighted by Gasteiger charge is -2.14. The van der Waals surface area contributed by atoms with E-state index in [2.05, 4.69) is 0 Å². The Hall–Kier alpha value is -2.31. The fraction of sp³-hybridized carbons (Fsp3) is 0.158. The van der Waals surface area contributed by atoms with Gasteiger partial charge >= 0.3 is 0 Å². The maximum Gasteiger partial charge on any atom is 0.270 e. The van der Waals surface area contributed by atoms with Gasteiger partial charge in [0.05, 0.1) is 24.3 Å². The minimum atomic E-state index is -0.133. The van der Waals surface area contributed by atoms with E-state index in [4.69, 9.17) is 21.7 Å². The minimum Gasteiger partial charge on any atom is -0.493 e. The van der Waals surface area contributed by atoms with Gasteiger partial charge in [0.15, 0.2) is 15.8 Å². The van der Waals surface area contributed by atoms with E-state index < -0.39 is 0 Å². The molecule has 2 aromatic rings. The lowest BCUT2D eigenvalue weighted by atomic mass is 10.1. The second kappa shape index (κ2) is 7.72. The van der Waals surface area contributed by atoms with Crippen LogP contribution >= 0.6 is 24.0 Å². The Kier molecular flexibility index (Phi) is 5.40. The zero-order valence-corrected chi connectivity index (χ0v) is 15.5. The van der Waals surface area contributed by atoms with Gasteiger partial charge in [0, 0.05) is 5.56 Å². The predicted molar refractivity (Wildman–Crippen MR) is 106 cm³/mol.